The van der Waals surface area contributed by atoms with Crippen molar-refractivity contribution in [1.29, 1.82) is 0 Å². The number of amides is 1. The van der Waals surface area contributed by atoms with Crippen LogP contribution in [0, 0.1) is 0 Å². The van der Waals surface area contributed by atoms with E-state index in [0.29, 0.717) is 15.8 Å². The summed E-state index contributed by atoms with van der Waals surface area (Å²) in [7, 11) is 1.54. The third-order valence-electron chi connectivity index (χ3n) is 3.09. The molecule has 0 spiro atoms. The standard InChI is InChI=1S/C13H15Cl2NO2/c1-18-13-9(6-10(14)8-11(13)15)7-12(17)16-4-2-3-5-16/h6,8H,2-5,7H2,1H3. The smallest absolute Gasteiger partial charge is 0.227 e. The van der Waals surface area contributed by atoms with Crippen molar-refractivity contribution in [3.05, 3.63) is 27.7 Å². The van der Waals surface area contributed by atoms with Crippen molar-refractivity contribution in [3.63, 3.8) is 0 Å². The molecule has 0 atom stereocenters. The lowest BCUT2D eigenvalue weighted by atomic mass is 10.1. The van der Waals surface area contributed by atoms with E-state index in [1.165, 1.54) is 0 Å². The summed E-state index contributed by atoms with van der Waals surface area (Å²) in [5.41, 5.74) is 0.743. The second-order valence-electron chi connectivity index (χ2n) is 4.34. The first kappa shape index (κ1) is 13.5. The Hall–Kier alpha value is -0.930. The second-order valence-corrected chi connectivity index (χ2v) is 5.19. The van der Waals surface area contributed by atoms with Crippen LogP contribution in [0.4, 0.5) is 0 Å². The quantitative estimate of drug-likeness (QED) is 0.855. The number of carbonyl (C=O) groups excluding carboxylic acids is 1. The number of nitrogens with zero attached hydrogens (tertiary/aromatic N) is 1. The lowest BCUT2D eigenvalue weighted by Crippen LogP contribution is -2.29. The van der Waals surface area contributed by atoms with Crippen LogP contribution >= 0.6 is 23.2 Å². The molecule has 1 heterocycles. The summed E-state index contributed by atoms with van der Waals surface area (Å²) in [6, 6.07) is 3.35. The van der Waals surface area contributed by atoms with Gasteiger partial charge in [-0.05, 0) is 25.0 Å². The van der Waals surface area contributed by atoms with Crippen molar-refractivity contribution < 1.29 is 9.53 Å². The number of hydrogen-bond donors (Lipinski definition) is 0. The SMILES string of the molecule is COc1c(Cl)cc(Cl)cc1CC(=O)N1CCCC1. The fourth-order valence-electron chi connectivity index (χ4n) is 2.21. The molecule has 1 aromatic carbocycles. The molecule has 0 aromatic heterocycles. The maximum Gasteiger partial charge on any atom is 0.227 e. The Balaban J connectivity index is 2.19. The average molecular weight is 288 g/mol. The van der Waals surface area contributed by atoms with Crippen molar-refractivity contribution >= 4 is 29.1 Å². The minimum Gasteiger partial charge on any atom is -0.495 e. The minimum absolute atomic E-state index is 0.101. The van der Waals surface area contributed by atoms with E-state index in [1.807, 2.05) is 4.90 Å². The van der Waals surface area contributed by atoms with Gasteiger partial charge in [-0.15, -0.1) is 0 Å². The molecule has 0 bridgehead atoms. The lowest BCUT2D eigenvalue weighted by Gasteiger charge is -2.17. The fraction of sp³-hybridized carbons (Fsp3) is 0.462. The first-order chi connectivity index (χ1) is 8.61. The number of benzene rings is 1. The Morgan fingerprint density at radius 2 is 2.00 bits per heavy atom. The molecule has 0 N–H and O–H groups in total. The van der Waals surface area contributed by atoms with Crippen molar-refractivity contribution in [2.45, 2.75) is 19.3 Å². The Kier molecular flexibility index (Phi) is 4.36. The highest BCUT2D eigenvalue weighted by atomic mass is 35.5. The van der Waals surface area contributed by atoms with Crippen molar-refractivity contribution in [1.82, 2.24) is 4.90 Å². The molecule has 0 aliphatic carbocycles. The van der Waals surface area contributed by atoms with E-state index < -0.39 is 0 Å². The molecule has 3 nitrogen and oxygen atoms in total. The van der Waals surface area contributed by atoms with Crippen LogP contribution in [0.5, 0.6) is 5.75 Å². The van der Waals surface area contributed by atoms with Crippen LogP contribution in [0.1, 0.15) is 18.4 Å². The molecule has 18 heavy (non-hydrogen) atoms. The first-order valence-corrected chi connectivity index (χ1v) is 6.67. The number of hydrogen-bond acceptors (Lipinski definition) is 2. The fourth-order valence-corrected chi connectivity index (χ4v) is 2.83. The van der Waals surface area contributed by atoms with E-state index in [0.717, 1.165) is 31.5 Å². The summed E-state index contributed by atoms with van der Waals surface area (Å²) >= 11 is 12.0. The summed E-state index contributed by atoms with van der Waals surface area (Å²) in [5, 5.41) is 0.958. The third-order valence-corrected chi connectivity index (χ3v) is 3.59. The summed E-state index contributed by atoms with van der Waals surface area (Å²) in [5.74, 6) is 0.637. The first-order valence-electron chi connectivity index (χ1n) is 5.91. The molecule has 1 amide bonds. The van der Waals surface area contributed by atoms with Gasteiger partial charge in [-0.1, -0.05) is 23.2 Å². The molecule has 5 heteroatoms. The Labute approximate surface area is 117 Å². The van der Waals surface area contributed by atoms with E-state index in [4.69, 9.17) is 27.9 Å². The van der Waals surface area contributed by atoms with E-state index in [9.17, 15) is 4.79 Å². The highest BCUT2D eigenvalue weighted by Gasteiger charge is 2.20. The maximum absolute atomic E-state index is 12.1. The highest BCUT2D eigenvalue weighted by Crippen LogP contribution is 2.32. The predicted octanol–water partition coefficient (Wildman–Crippen LogP) is 3.17. The maximum atomic E-state index is 12.1. The summed E-state index contributed by atoms with van der Waals surface area (Å²) in [6.07, 6.45) is 2.45. The van der Waals surface area contributed by atoms with Crippen LogP contribution in [-0.4, -0.2) is 31.0 Å². The number of likely N-dealkylation sites (tertiary alicyclic amines) is 1. The number of methoxy groups -OCH3 is 1. The minimum atomic E-state index is 0.101. The van der Waals surface area contributed by atoms with Gasteiger partial charge in [0.15, 0.2) is 0 Å². The van der Waals surface area contributed by atoms with Crippen LogP contribution < -0.4 is 4.74 Å². The van der Waals surface area contributed by atoms with E-state index in [2.05, 4.69) is 0 Å². The van der Waals surface area contributed by atoms with E-state index >= 15 is 0 Å². The van der Waals surface area contributed by atoms with Crippen LogP contribution in [0.15, 0.2) is 12.1 Å². The van der Waals surface area contributed by atoms with Gasteiger partial charge in [0.1, 0.15) is 5.75 Å². The van der Waals surface area contributed by atoms with Crippen LogP contribution in [0.2, 0.25) is 10.0 Å². The second kappa shape index (κ2) is 5.81. The van der Waals surface area contributed by atoms with Crippen molar-refractivity contribution in [2.75, 3.05) is 20.2 Å². The van der Waals surface area contributed by atoms with Crippen LogP contribution in [0.25, 0.3) is 0 Å². The summed E-state index contributed by atoms with van der Waals surface area (Å²) in [6.45, 7) is 1.69. The molecule has 1 aromatic rings. The average Bonchev–Trinajstić information content (AvgIpc) is 2.81. The van der Waals surface area contributed by atoms with Gasteiger partial charge in [0, 0.05) is 23.7 Å². The zero-order valence-electron chi connectivity index (χ0n) is 10.2. The third kappa shape index (κ3) is 2.90. The van der Waals surface area contributed by atoms with Crippen molar-refractivity contribution in [3.8, 4) is 5.75 Å². The molecule has 1 aliphatic rings. The highest BCUT2D eigenvalue weighted by molar-refractivity contribution is 6.35. The zero-order valence-corrected chi connectivity index (χ0v) is 11.7. The Morgan fingerprint density at radius 1 is 1.33 bits per heavy atom. The van der Waals surface area contributed by atoms with Gasteiger partial charge in [-0.3, -0.25) is 4.79 Å². The van der Waals surface area contributed by atoms with E-state index in [-0.39, 0.29) is 12.3 Å². The molecular weight excluding hydrogens is 273 g/mol. The topological polar surface area (TPSA) is 29.5 Å². The normalized spacial score (nSPS) is 14.9. The predicted molar refractivity (Wildman–Crippen MR) is 72.5 cm³/mol. The number of ether oxygens (including phenoxy) is 1. The molecular formula is C13H15Cl2NO2. The number of rotatable bonds is 3. The van der Waals surface area contributed by atoms with Gasteiger partial charge in [-0.25, -0.2) is 0 Å². The molecule has 0 radical (unpaired) electrons. The molecule has 1 aliphatic heterocycles. The zero-order chi connectivity index (χ0) is 13.1. The van der Waals surface area contributed by atoms with Gasteiger partial charge < -0.3 is 9.64 Å². The lowest BCUT2D eigenvalue weighted by molar-refractivity contribution is -0.129. The molecule has 2 rings (SSSR count). The summed E-state index contributed by atoms with van der Waals surface area (Å²) in [4.78, 5) is 14.0. The monoisotopic (exact) mass is 287 g/mol. The molecule has 0 unspecified atom stereocenters. The van der Waals surface area contributed by atoms with Gasteiger partial charge >= 0.3 is 0 Å². The Bertz CT molecular complexity index is 457. The molecule has 1 fully saturated rings. The van der Waals surface area contributed by atoms with Crippen LogP contribution in [0.3, 0.4) is 0 Å². The Morgan fingerprint density at radius 3 is 2.61 bits per heavy atom. The van der Waals surface area contributed by atoms with Gasteiger partial charge in [-0.2, -0.15) is 0 Å². The van der Waals surface area contributed by atoms with Gasteiger partial charge in [0.2, 0.25) is 5.91 Å². The van der Waals surface area contributed by atoms with E-state index in [1.54, 1.807) is 19.2 Å². The van der Waals surface area contributed by atoms with Gasteiger partial charge in [0.05, 0.1) is 18.6 Å². The van der Waals surface area contributed by atoms with Gasteiger partial charge in [0.25, 0.3) is 0 Å². The number of carbonyl (C=O) groups is 1. The number of halogens is 2. The molecule has 98 valence electrons. The molecule has 1 saturated heterocycles. The van der Waals surface area contributed by atoms with Crippen molar-refractivity contribution in [2.24, 2.45) is 0 Å². The molecule has 0 saturated carbocycles. The largest absolute Gasteiger partial charge is 0.495 e. The van der Waals surface area contributed by atoms with Crippen LogP contribution in [-0.2, 0) is 11.2 Å². The summed E-state index contributed by atoms with van der Waals surface area (Å²) < 4.78 is 5.23.